The molecule has 8 heteroatoms. The Hall–Kier alpha value is -2.19. The van der Waals surface area contributed by atoms with E-state index in [9.17, 15) is 14.4 Å². The van der Waals surface area contributed by atoms with Crippen LogP contribution in [0.25, 0.3) is 6.08 Å². The molecule has 144 valence electrons. The number of carbonyl (C=O) groups excluding carboxylic acids is 2. The van der Waals surface area contributed by atoms with Crippen molar-refractivity contribution in [1.29, 1.82) is 0 Å². The van der Waals surface area contributed by atoms with Gasteiger partial charge in [-0.05, 0) is 29.5 Å². The number of aliphatic carboxylic acids is 1. The molecular weight excluding hydrogens is 384 g/mol. The van der Waals surface area contributed by atoms with Crippen molar-refractivity contribution >= 4 is 52.2 Å². The number of thioether (sulfide) groups is 1. The molecule has 1 atom stereocenters. The van der Waals surface area contributed by atoms with Crippen LogP contribution in [0.1, 0.15) is 38.8 Å². The van der Waals surface area contributed by atoms with E-state index in [1.54, 1.807) is 6.08 Å². The first-order valence-corrected chi connectivity index (χ1v) is 9.60. The molecule has 6 nitrogen and oxygen atoms in total. The molecule has 1 aliphatic rings. The summed E-state index contributed by atoms with van der Waals surface area (Å²) in [6.45, 7) is 7.40. The third-order valence-corrected chi connectivity index (χ3v) is 5.41. The molecule has 1 aromatic carbocycles. The Morgan fingerprint density at radius 3 is 2.41 bits per heavy atom. The van der Waals surface area contributed by atoms with E-state index < -0.39 is 24.5 Å². The Labute approximate surface area is 168 Å². The number of thiocarbonyl (C=S) groups is 1. The number of rotatable bonds is 5. The molecule has 0 aromatic heterocycles. The van der Waals surface area contributed by atoms with E-state index in [4.69, 9.17) is 17.3 Å². The monoisotopic (exact) mass is 406 g/mol. The molecule has 2 amide bonds. The zero-order chi connectivity index (χ0) is 20.4. The molecule has 1 saturated heterocycles. The summed E-state index contributed by atoms with van der Waals surface area (Å²) in [5.74, 6) is -2.08. The molecule has 0 aliphatic carbocycles. The maximum atomic E-state index is 12.7. The van der Waals surface area contributed by atoms with Crippen molar-refractivity contribution in [2.24, 2.45) is 0 Å². The lowest BCUT2D eigenvalue weighted by atomic mass is 9.87. The van der Waals surface area contributed by atoms with Crippen LogP contribution in [0.15, 0.2) is 29.2 Å². The number of nitrogens with zero attached hydrogens (tertiary/aromatic N) is 1. The molecule has 1 heterocycles. The molecular formula is C19H22N2O4S2. The summed E-state index contributed by atoms with van der Waals surface area (Å²) in [5, 5.41) is 10.9. The van der Waals surface area contributed by atoms with Gasteiger partial charge in [-0.25, -0.2) is 0 Å². The van der Waals surface area contributed by atoms with Gasteiger partial charge in [-0.3, -0.25) is 19.3 Å². The molecule has 2 rings (SSSR count). The Bertz CT molecular complexity index is 810. The lowest BCUT2D eigenvalue weighted by Gasteiger charge is -2.21. The molecule has 0 bridgehead atoms. The predicted octanol–water partition coefficient (Wildman–Crippen LogP) is 2.77. The van der Waals surface area contributed by atoms with Gasteiger partial charge in [-0.15, -0.1) is 0 Å². The van der Waals surface area contributed by atoms with Crippen LogP contribution in [-0.4, -0.2) is 44.7 Å². The van der Waals surface area contributed by atoms with Gasteiger partial charge in [0.15, 0.2) is 0 Å². The first-order chi connectivity index (χ1) is 12.5. The van der Waals surface area contributed by atoms with E-state index >= 15 is 0 Å². The number of carbonyl (C=O) groups is 3. The van der Waals surface area contributed by atoms with Gasteiger partial charge in [0.25, 0.3) is 5.91 Å². The SMILES string of the molecule is CC(C(=O)NCC(=O)O)N1C(=O)/C(=C/c2ccc(C(C)(C)C)cc2)SC1=S. The van der Waals surface area contributed by atoms with Crippen molar-refractivity contribution in [3.63, 3.8) is 0 Å². The Morgan fingerprint density at radius 2 is 1.89 bits per heavy atom. The topological polar surface area (TPSA) is 86.7 Å². The van der Waals surface area contributed by atoms with Crippen LogP contribution in [0.5, 0.6) is 0 Å². The van der Waals surface area contributed by atoms with Gasteiger partial charge in [-0.2, -0.15) is 0 Å². The quantitative estimate of drug-likeness (QED) is 0.578. The molecule has 27 heavy (non-hydrogen) atoms. The van der Waals surface area contributed by atoms with E-state index in [0.29, 0.717) is 4.91 Å². The fourth-order valence-corrected chi connectivity index (χ4v) is 3.89. The van der Waals surface area contributed by atoms with E-state index in [2.05, 4.69) is 26.1 Å². The first kappa shape index (κ1) is 21.1. The number of carboxylic acids is 1. The van der Waals surface area contributed by atoms with Gasteiger partial charge in [-0.1, -0.05) is 69.0 Å². The van der Waals surface area contributed by atoms with Gasteiger partial charge in [0.1, 0.15) is 16.9 Å². The summed E-state index contributed by atoms with van der Waals surface area (Å²) in [7, 11) is 0. The maximum absolute atomic E-state index is 12.7. The summed E-state index contributed by atoms with van der Waals surface area (Å²) in [4.78, 5) is 37.0. The predicted molar refractivity (Wildman–Crippen MR) is 110 cm³/mol. The zero-order valence-corrected chi connectivity index (χ0v) is 17.2. The standard InChI is InChI=1S/C19H22N2O4S2/c1-11(16(24)20-10-15(22)23)21-17(25)14(27-18(21)26)9-12-5-7-13(8-6-12)19(2,3)4/h5-9,11H,10H2,1-4H3,(H,20,24)(H,22,23)/b14-9-. The fourth-order valence-electron chi connectivity index (χ4n) is 2.47. The molecule has 0 radical (unpaired) electrons. The summed E-state index contributed by atoms with van der Waals surface area (Å²) < 4.78 is 0.274. The van der Waals surface area contributed by atoms with E-state index in [0.717, 1.165) is 17.3 Å². The number of carboxylic acid groups (broad SMARTS) is 1. The lowest BCUT2D eigenvalue weighted by molar-refractivity contribution is -0.139. The molecule has 1 unspecified atom stereocenters. The van der Waals surface area contributed by atoms with Crippen LogP contribution < -0.4 is 5.32 Å². The average Bonchev–Trinajstić information content (AvgIpc) is 2.85. The average molecular weight is 407 g/mol. The number of nitrogens with one attached hydrogen (secondary N) is 1. The van der Waals surface area contributed by atoms with Gasteiger partial charge in [0, 0.05) is 0 Å². The molecule has 2 N–H and O–H groups in total. The number of hydrogen-bond donors (Lipinski definition) is 2. The minimum Gasteiger partial charge on any atom is -0.480 e. The molecule has 0 spiro atoms. The zero-order valence-electron chi connectivity index (χ0n) is 15.6. The maximum Gasteiger partial charge on any atom is 0.322 e. The minimum atomic E-state index is -1.15. The first-order valence-electron chi connectivity index (χ1n) is 8.38. The van der Waals surface area contributed by atoms with Crippen molar-refractivity contribution in [3.8, 4) is 0 Å². The Balaban J connectivity index is 2.16. The van der Waals surface area contributed by atoms with Crippen LogP contribution >= 0.6 is 24.0 Å². The fraction of sp³-hybridized carbons (Fsp3) is 0.368. The second kappa shape index (κ2) is 8.22. The van der Waals surface area contributed by atoms with Crippen LogP contribution in [0.2, 0.25) is 0 Å². The summed E-state index contributed by atoms with van der Waals surface area (Å²) in [6, 6.07) is 7.04. The highest BCUT2D eigenvalue weighted by molar-refractivity contribution is 8.26. The van der Waals surface area contributed by atoms with Crippen molar-refractivity contribution in [2.75, 3.05) is 6.54 Å². The Morgan fingerprint density at radius 1 is 1.30 bits per heavy atom. The highest BCUT2D eigenvalue weighted by Crippen LogP contribution is 2.34. The van der Waals surface area contributed by atoms with E-state index in [1.165, 1.54) is 17.4 Å². The normalized spacial score (nSPS) is 17.3. The van der Waals surface area contributed by atoms with E-state index in [1.807, 2.05) is 24.3 Å². The Kier molecular flexibility index (Phi) is 6.43. The van der Waals surface area contributed by atoms with Gasteiger partial charge in [0.05, 0.1) is 4.91 Å². The van der Waals surface area contributed by atoms with Crippen molar-refractivity contribution in [2.45, 2.75) is 39.2 Å². The van der Waals surface area contributed by atoms with Crippen molar-refractivity contribution < 1.29 is 19.5 Å². The van der Waals surface area contributed by atoms with Crippen LogP contribution in [0.3, 0.4) is 0 Å². The third-order valence-electron chi connectivity index (χ3n) is 4.08. The molecule has 1 aromatic rings. The number of hydrogen-bond acceptors (Lipinski definition) is 5. The summed E-state index contributed by atoms with van der Waals surface area (Å²) >= 11 is 6.37. The van der Waals surface area contributed by atoms with Crippen LogP contribution in [0.4, 0.5) is 0 Å². The minimum absolute atomic E-state index is 0.0424. The molecule has 1 aliphatic heterocycles. The van der Waals surface area contributed by atoms with Gasteiger partial charge in [0.2, 0.25) is 5.91 Å². The third kappa shape index (κ3) is 5.17. The summed E-state index contributed by atoms with van der Waals surface area (Å²) in [6.07, 6.45) is 1.74. The van der Waals surface area contributed by atoms with Crippen LogP contribution in [0, 0.1) is 0 Å². The van der Waals surface area contributed by atoms with E-state index in [-0.39, 0.29) is 15.6 Å². The summed E-state index contributed by atoms with van der Waals surface area (Å²) in [5.41, 5.74) is 2.10. The highest BCUT2D eigenvalue weighted by Gasteiger charge is 2.38. The van der Waals surface area contributed by atoms with Crippen molar-refractivity contribution in [3.05, 3.63) is 40.3 Å². The lowest BCUT2D eigenvalue weighted by Crippen LogP contribution is -2.48. The smallest absolute Gasteiger partial charge is 0.322 e. The van der Waals surface area contributed by atoms with Crippen molar-refractivity contribution in [1.82, 2.24) is 10.2 Å². The van der Waals surface area contributed by atoms with Crippen LogP contribution in [-0.2, 0) is 19.8 Å². The van der Waals surface area contributed by atoms with Gasteiger partial charge < -0.3 is 10.4 Å². The molecule has 0 saturated carbocycles. The molecule has 1 fully saturated rings. The second-order valence-corrected chi connectivity index (χ2v) is 8.89. The second-order valence-electron chi connectivity index (χ2n) is 7.21. The number of benzene rings is 1. The highest BCUT2D eigenvalue weighted by atomic mass is 32.2. The van der Waals surface area contributed by atoms with Gasteiger partial charge >= 0.3 is 5.97 Å². The largest absolute Gasteiger partial charge is 0.480 e. The number of amides is 2.